The highest BCUT2D eigenvalue weighted by Gasteiger charge is 2.40. The van der Waals surface area contributed by atoms with Gasteiger partial charge in [0.05, 0.1) is 6.61 Å². The van der Waals surface area contributed by atoms with Gasteiger partial charge in [-0.05, 0) is 56.9 Å². The Kier molecular flexibility index (Phi) is 5.27. The normalized spacial score (nSPS) is 40.6. The second kappa shape index (κ2) is 6.55. The van der Waals surface area contributed by atoms with E-state index in [2.05, 4.69) is 25.8 Å². The Balaban J connectivity index is 1.98. The molecule has 2 N–H and O–H groups in total. The lowest BCUT2D eigenvalue weighted by Gasteiger charge is -2.49. The van der Waals surface area contributed by atoms with Crippen molar-refractivity contribution in [2.75, 3.05) is 33.4 Å². The van der Waals surface area contributed by atoms with E-state index >= 15 is 0 Å². The summed E-state index contributed by atoms with van der Waals surface area (Å²) in [5.74, 6) is 2.31. The van der Waals surface area contributed by atoms with Crippen molar-refractivity contribution in [3.8, 4) is 0 Å². The average Bonchev–Trinajstić information content (AvgIpc) is 2.38. The molecule has 0 aromatic heterocycles. The lowest BCUT2D eigenvalue weighted by molar-refractivity contribution is -0.00546. The topological polar surface area (TPSA) is 38.5 Å². The SMILES string of the molecule is CC1CC(C)CC(CN)(N(C)CC2CCCOC2)C1. The van der Waals surface area contributed by atoms with E-state index in [9.17, 15) is 0 Å². The Bertz CT molecular complexity index is 266. The van der Waals surface area contributed by atoms with Crippen LogP contribution in [0.5, 0.6) is 0 Å². The Hall–Kier alpha value is -0.120. The molecule has 3 unspecified atom stereocenters. The fraction of sp³-hybridized carbons (Fsp3) is 1.00. The maximum atomic E-state index is 6.20. The first-order valence-electron chi connectivity index (χ1n) is 8.05. The van der Waals surface area contributed by atoms with Crippen LogP contribution in [0.1, 0.15) is 46.0 Å². The highest BCUT2D eigenvalue weighted by Crippen LogP contribution is 2.39. The molecule has 1 heterocycles. The van der Waals surface area contributed by atoms with Crippen molar-refractivity contribution >= 4 is 0 Å². The third kappa shape index (κ3) is 3.71. The lowest BCUT2D eigenvalue weighted by Crippen LogP contribution is -2.57. The number of nitrogens with two attached hydrogens (primary N) is 1. The Morgan fingerprint density at radius 2 is 1.95 bits per heavy atom. The van der Waals surface area contributed by atoms with E-state index in [1.807, 2.05) is 0 Å². The number of ether oxygens (including phenoxy) is 1. The van der Waals surface area contributed by atoms with Gasteiger partial charge in [0.1, 0.15) is 0 Å². The zero-order valence-corrected chi connectivity index (χ0v) is 13.0. The van der Waals surface area contributed by atoms with E-state index in [0.29, 0.717) is 5.92 Å². The van der Waals surface area contributed by atoms with Gasteiger partial charge in [-0.25, -0.2) is 0 Å². The Labute approximate surface area is 118 Å². The molecule has 19 heavy (non-hydrogen) atoms. The number of hydrogen-bond acceptors (Lipinski definition) is 3. The van der Waals surface area contributed by atoms with Crippen molar-refractivity contribution in [1.82, 2.24) is 4.90 Å². The predicted octanol–water partition coefficient (Wildman–Crippen LogP) is 2.50. The maximum Gasteiger partial charge on any atom is 0.0506 e. The van der Waals surface area contributed by atoms with Crippen LogP contribution in [0.25, 0.3) is 0 Å². The second-order valence-electron chi connectivity index (χ2n) is 7.25. The summed E-state index contributed by atoms with van der Waals surface area (Å²) in [6.45, 7) is 8.62. The monoisotopic (exact) mass is 268 g/mol. The van der Waals surface area contributed by atoms with Crippen molar-refractivity contribution in [2.45, 2.75) is 51.5 Å². The quantitative estimate of drug-likeness (QED) is 0.851. The first-order chi connectivity index (χ1) is 9.05. The molecule has 112 valence electrons. The average molecular weight is 268 g/mol. The fourth-order valence-corrected chi connectivity index (χ4v) is 4.40. The van der Waals surface area contributed by atoms with Crippen LogP contribution >= 0.6 is 0 Å². The van der Waals surface area contributed by atoms with Crippen LogP contribution < -0.4 is 5.73 Å². The lowest BCUT2D eigenvalue weighted by atomic mass is 9.70. The first kappa shape index (κ1) is 15.3. The van der Waals surface area contributed by atoms with Gasteiger partial charge in [-0.3, -0.25) is 4.90 Å². The van der Waals surface area contributed by atoms with Crippen LogP contribution in [0.3, 0.4) is 0 Å². The molecule has 0 bridgehead atoms. The molecule has 2 rings (SSSR count). The summed E-state index contributed by atoms with van der Waals surface area (Å²) in [5, 5.41) is 0. The van der Waals surface area contributed by atoms with Crippen molar-refractivity contribution in [3.63, 3.8) is 0 Å². The number of likely N-dealkylation sites (N-methyl/N-ethyl adjacent to an activating group) is 1. The molecular weight excluding hydrogens is 236 g/mol. The summed E-state index contributed by atoms with van der Waals surface area (Å²) in [7, 11) is 2.28. The summed E-state index contributed by atoms with van der Waals surface area (Å²) in [6.07, 6.45) is 6.43. The minimum absolute atomic E-state index is 0.231. The van der Waals surface area contributed by atoms with Crippen LogP contribution in [0.2, 0.25) is 0 Å². The van der Waals surface area contributed by atoms with Gasteiger partial charge < -0.3 is 10.5 Å². The van der Waals surface area contributed by atoms with E-state index in [1.54, 1.807) is 0 Å². The van der Waals surface area contributed by atoms with Crippen molar-refractivity contribution in [1.29, 1.82) is 0 Å². The second-order valence-corrected chi connectivity index (χ2v) is 7.25. The molecular formula is C16H32N2O. The van der Waals surface area contributed by atoms with Crippen LogP contribution in [0.15, 0.2) is 0 Å². The summed E-state index contributed by atoms with van der Waals surface area (Å²) in [6, 6.07) is 0. The summed E-state index contributed by atoms with van der Waals surface area (Å²) in [4.78, 5) is 2.57. The molecule has 3 nitrogen and oxygen atoms in total. The van der Waals surface area contributed by atoms with Gasteiger partial charge in [0.25, 0.3) is 0 Å². The molecule has 1 saturated heterocycles. The van der Waals surface area contributed by atoms with E-state index < -0.39 is 0 Å². The van der Waals surface area contributed by atoms with Gasteiger partial charge in [-0.15, -0.1) is 0 Å². The fourth-order valence-electron chi connectivity index (χ4n) is 4.40. The number of hydrogen-bond donors (Lipinski definition) is 1. The molecule has 2 aliphatic rings. The van der Waals surface area contributed by atoms with Crippen LogP contribution in [0.4, 0.5) is 0 Å². The van der Waals surface area contributed by atoms with E-state index in [-0.39, 0.29) is 5.54 Å². The number of rotatable bonds is 4. The molecule has 0 spiro atoms. The van der Waals surface area contributed by atoms with Gasteiger partial charge in [-0.1, -0.05) is 13.8 Å². The van der Waals surface area contributed by atoms with Gasteiger partial charge >= 0.3 is 0 Å². The van der Waals surface area contributed by atoms with Gasteiger partial charge in [0.15, 0.2) is 0 Å². The van der Waals surface area contributed by atoms with Crippen molar-refractivity contribution in [2.24, 2.45) is 23.5 Å². The van der Waals surface area contributed by atoms with Gasteiger partial charge in [-0.2, -0.15) is 0 Å². The molecule has 0 amide bonds. The van der Waals surface area contributed by atoms with Crippen LogP contribution in [-0.4, -0.2) is 43.8 Å². The molecule has 0 aromatic carbocycles. The molecule has 3 heteroatoms. The zero-order valence-electron chi connectivity index (χ0n) is 13.0. The van der Waals surface area contributed by atoms with Crippen LogP contribution in [-0.2, 0) is 4.74 Å². The largest absolute Gasteiger partial charge is 0.381 e. The Morgan fingerprint density at radius 1 is 1.26 bits per heavy atom. The molecule has 2 fully saturated rings. The predicted molar refractivity (Wildman–Crippen MR) is 80.1 cm³/mol. The van der Waals surface area contributed by atoms with Crippen molar-refractivity contribution in [3.05, 3.63) is 0 Å². The van der Waals surface area contributed by atoms with Gasteiger partial charge in [0, 0.05) is 25.2 Å². The first-order valence-corrected chi connectivity index (χ1v) is 8.05. The van der Waals surface area contributed by atoms with E-state index in [1.165, 1.54) is 32.1 Å². The third-order valence-corrected chi connectivity index (χ3v) is 5.24. The van der Waals surface area contributed by atoms with E-state index in [0.717, 1.165) is 38.1 Å². The molecule has 1 aliphatic carbocycles. The zero-order chi connectivity index (χ0) is 13.9. The maximum absolute atomic E-state index is 6.20. The Morgan fingerprint density at radius 3 is 2.47 bits per heavy atom. The minimum Gasteiger partial charge on any atom is -0.381 e. The molecule has 1 saturated carbocycles. The summed E-state index contributed by atoms with van der Waals surface area (Å²) >= 11 is 0. The molecule has 0 aromatic rings. The standard InChI is InChI=1S/C16H32N2O/c1-13-7-14(2)9-16(8-13,12-17)18(3)10-15-5-4-6-19-11-15/h13-15H,4-12,17H2,1-3H3. The summed E-state index contributed by atoms with van der Waals surface area (Å²) < 4.78 is 5.62. The highest BCUT2D eigenvalue weighted by atomic mass is 16.5. The minimum atomic E-state index is 0.231. The summed E-state index contributed by atoms with van der Waals surface area (Å²) in [5.41, 5.74) is 6.43. The van der Waals surface area contributed by atoms with Crippen LogP contribution in [0, 0.1) is 17.8 Å². The third-order valence-electron chi connectivity index (χ3n) is 5.24. The molecule has 3 atom stereocenters. The van der Waals surface area contributed by atoms with Gasteiger partial charge in [0.2, 0.25) is 0 Å². The number of nitrogens with zero attached hydrogens (tertiary/aromatic N) is 1. The molecule has 1 aliphatic heterocycles. The van der Waals surface area contributed by atoms with E-state index in [4.69, 9.17) is 10.5 Å². The molecule has 0 radical (unpaired) electrons. The van der Waals surface area contributed by atoms with Crippen molar-refractivity contribution < 1.29 is 4.74 Å². The highest BCUT2D eigenvalue weighted by molar-refractivity contribution is 4.97. The smallest absolute Gasteiger partial charge is 0.0506 e.